The molecule has 0 bridgehead atoms. The Morgan fingerprint density at radius 1 is 1.27 bits per heavy atom. The summed E-state index contributed by atoms with van der Waals surface area (Å²) in [5.41, 5.74) is 0. The van der Waals surface area contributed by atoms with Crippen LogP contribution in [0.15, 0.2) is 0 Å². The van der Waals surface area contributed by atoms with Crippen LogP contribution in [0.4, 0.5) is 0 Å². The number of carboxylic acid groups (broad SMARTS) is 1. The van der Waals surface area contributed by atoms with Crippen LogP contribution in [-0.4, -0.2) is 42.4 Å². The summed E-state index contributed by atoms with van der Waals surface area (Å²) in [7, 11) is 1.67. The lowest BCUT2D eigenvalue weighted by Gasteiger charge is -2.14. The van der Waals surface area contributed by atoms with E-state index < -0.39 is 17.9 Å². The van der Waals surface area contributed by atoms with E-state index in [0.717, 1.165) is 0 Å². The molecule has 0 aromatic carbocycles. The van der Waals surface area contributed by atoms with Gasteiger partial charge in [-0.3, -0.25) is 14.4 Å². The third kappa shape index (κ3) is 6.62. The van der Waals surface area contributed by atoms with Crippen LogP contribution in [0.5, 0.6) is 0 Å². The summed E-state index contributed by atoms with van der Waals surface area (Å²) in [5.74, 6) is -1.61. The molecule has 0 rings (SSSR count). The first-order valence-electron chi connectivity index (χ1n) is 4.63. The fourth-order valence-electron chi connectivity index (χ4n) is 0.987. The van der Waals surface area contributed by atoms with Crippen molar-refractivity contribution in [2.45, 2.75) is 25.8 Å². The Labute approximate surface area is 88.0 Å². The van der Waals surface area contributed by atoms with E-state index in [-0.39, 0.29) is 18.6 Å². The topological polar surface area (TPSA) is 95.5 Å². The summed E-state index contributed by atoms with van der Waals surface area (Å²) in [6, 6.07) is -0.587. The molecule has 1 atom stereocenters. The lowest BCUT2D eigenvalue weighted by atomic mass is 10.2. The van der Waals surface area contributed by atoms with Crippen molar-refractivity contribution in [2.24, 2.45) is 0 Å². The third-order valence-electron chi connectivity index (χ3n) is 1.80. The molecule has 86 valence electrons. The predicted molar refractivity (Wildman–Crippen MR) is 53.4 cm³/mol. The largest absolute Gasteiger partial charge is 0.481 e. The minimum atomic E-state index is -1.03. The van der Waals surface area contributed by atoms with Gasteiger partial charge < -0.3 is 15.7 Å². The number of carbonyl (C=O) groups is 3. The van der Waals surface area contributed by atoms with Gasteiger partial charge in [-0.2, -0.15) is 0 Å². The quantitative estimate of drug-likeness (QED) is 0.515. The first kappa shape index (κ1) is 13.6. The molecule has 0 spiro atoms. The number of likely N-dealkylation sites (N-methyl/N-ethyl adjacent to an activating group) is 1. The van der Waals surface area contributed by atoms with E-state index in [1.165, 1.54) is 6.92 Å². The molecule has 0 unspecified atom stereocenters. The molecule has 0 aliphatic carbocycles. The minimum Gasteiger partial charge on any atom is -0.481 e. The second-order valence-electron chi connectivity index (χ2n) is 3.18. The fourth-order valence-corrected chi connectivity index (χ4v) is 0.987. The normalized spacial score (nSPS) is 11.9. The number of aliphatic carboxylic acids is 1. The Kier molecular flexibility index (Phi) is 6.28. The summed E-state index contributed by atoms with van der Waals surface area (Å²) >= 11 is 0. The van der Waals surface area contributed by atoms with Gasteiger partial charge in [0.2, 0.25) is 5.91 Å². The van der Waals surface area contributed by atoms with E-state index in [0.29, 0.717) is 6.54 Å². The molecular formula is C9H16N2O4. The maximum Gasteiger partial charge on any atom is 0.303 e. The van der Waals surface area contributed by atoms with Crippen molar-refractivity contribution in [1.82, 2.24) is 10.6 Å². The molecule has 0 aromatic rings. The highest BCUT2D eigenvalue weighted by molar-refractivity contribution is 5.88. The number of Topliss-reactive ketones (excluding diaryl/α,β-unsaturated/α-hetero) is 1. The zero-order chi connectivity index (χ0) is 11.8. The van der Waals surface area contributed by atoms with Gasteiger partial charge in [-0.25, -0.2) is 0 Å². The number of rotatable bonds is 7. The maximum absolute atomic E-state index is 11.2. The third-order valence-corrected chi connectivity index (χ3v) is 1.80. The molecule has 0 radical (unpaired) electrons. The lowest BCUT2D eigenvalue weighted by molar-refractivity contribution is -0.139. The smallest absolute Gasteiger partial charge is 0.303 e. The Balaban J connectivity index is 3.99. The lowest BCUT2D eigenvalue weighted by Crippen LogP contribution is -2.45. The maximum atomic E-state index is 11.2. The average molecular weight is 216 g/mol. The van der Waals surface area contributed by atoms with Gasteiger partial charge in [0.05, 0.1) is 12.5 Å². The van der Waals surface area contributed by atoms with Crippen LogP contribution in [-0.2, 0) is 14.4 Å². The second-order valence-corrected chi connectivity index (χ2v) is 3.18. The first-order valence-corrected chi connectivity index (χ1v) is 4.63. The zero-order valence-corrected chi connectivity index (χ0v) is 8.87. The van der Waals surface area contributed by atoms with Gasteiger partial charge in [-0.15, -0.1) is 0 Å². The van der Waals surface area contributed by atoms with Gasteiger partial charge in [0.25, 0.3) is 0 Å². The average Bonchev–Trinajstić information content (AvgIpc) is 2.14. The van der Waals surface area contributed by atoms with E-state index >= 15 is 0 Å². The van der Waals surface area contributed by atoms with Crippen molar-refractivity contribution in [3.05, 3.63) is 0 Å². The molecular weight excluding hydrogens is 200 g/mol. The van der Waals surface area contributed by atoms with Crippen LogP contribution in [0.3, 0.4) is 0 Å². The number of carbonyl (C=O) groups excluding carboxylic acids is 2. The molecule has 0 saturated carbocycles. The number of carboxylic acids is 1. The van der Waals surface area contributed by atoms with Gasteiger partial charge in [0.1, 0.15) is 0 Å². The van der Waals surface area contributed by atoms with Crippen LogP contribution in [0.2, 0.25) is 0 Å². The van der Waals surface area contributed by atoms with Gasteiger partial charge in [-0.05, 0) is 14.0 Å². The highest BCUT2D eigenvalue weighted by Gasteiger charge is 2.16. The highest BCUT2D eigenvalue weighted by atomic mass is 16.4. The second kappa shape index (κ2) is 6.94. The molecule has 0 aliphatic rings. The molecule has 0 aromatic heterocycles. The van der Waals surface area contributed by atoms with Crippen LogP contribution in [0, 0.1) is 0 Å². The van der Waals surface area contributed by atoms with E-state index in [4.69, 9.17) is 5.11 Å². The van der Waals surface area contributed by atoms with Crippen molar-refractivity contribution < 1.29 is 19.5 Å². The van der Waals surface area contributed by atoms with Gasteiger partial charge in [0.15, 0.2) is 5.78 Å². The summed E-state index contributed by atoms with van der Waals surface area (Å²) in [6.07, 6.45) is -0.334. The Morgan fingerprint density at radius 3 is 2.27 bits per heavy atom. The zero-order valence-electron chi connectivity index (χ0n) is 8.87. The molecule has 0 heterocycles. The van der Waals surface area contributed by atoms with Gasteiger partial charge >= 0.3 is 5.97 Å². The highest BCUT2D eigenvalue weighted by Crippen LogP contribution is 1.91. The summed E-state index contributed by atoms with van der Waals surface area (Å²) in [5, 5.41) is 13.6. The summed E-state index contributed by atoms with van der Waals surface area (Å²) in [6.45, 7) is 1.72. The van der Waals surface area contributed by atoms with Crippen LogP contribution in [0.25, 0.3) is 0 Å². The van der Waals surface area contributed by atoms with Crippen LogP contribution < -0.4 is 10.6 Å². The van der Waals surface area contributed by atoms with Crippen LogP contribution >= 0.6 is 0 Å². The van der Waals surface area contributed by atoms with E-state index in [9.17, 15) is 14.4 Å². The predicted octanol–water partition coefficient (Wildman–Crippen LogP) is -0.856. The van der Waals surface area contributed by atoms with Crippen LogP contribution in [0.1, 0.15) is 19.8 Å². The van der Waals surface area contributed by atoms with Gasteiger partial charge in [0, 0.05) is 13.0 Å². The van der Waals surface area contributed by atoms with E-state index in [2.05, 4.69) is 10.6 Å². The monoisotopic (exact) mass is 216 g/mol. The Hall–Kier alpha value is -1.43. The van der Waals surface area contributed by atoms with Crippen molar-refractivity contribution in [1.29, 1.82) is 0 Å². The number of nitrogens with one attached hydrogen (secondary N) is 2. The minimum absolute atomic E-state index is 0.108. The number of hydrogen-bond acceptors (Lipinski definition) is 4. The molecule has 6 nitrogen and oxygen atoms in total. The summed E-state index contributed by atoms with van der Waals surface area (Å²) in [4.78, 5) is 32.4. The molecule has 15 heavy (non-hydrogen) atoms. The SMILES string of the molecule is CNC[C@H](NC(=O)CCC(=O)O)C(C)=O. The first-order chi connectivity index (χ1) is 6.97. The van der Waals surface area contributed by atoms with E-state index in [1.54, 1.807) is 7.05 Å². The Bertz CT molecular complexity index is 252. The van der Waals surface area contributed by atoms with Crippen molar-refractivity contribution in [3.63, 3.8) is 0 Å². The molecule has 6 heteroatoms. The number of hydrogen-bond donors (Lipinski definition) is 3. The molecule has 0 saturated heterocycles. The van der Waals surface area contributed by atoms with Crippen molar-refractivity contribution >= 4 is 17.7 Å². The molecule has 1 amide bonds. The number of amides is 1. The fraction of sp³-hybridized carbons (Fsp3) is 0.667. The van der Waals surface area contributed by atoms with Crippen molar-refractivity contribution in [3.8, 4) is 0 Å². The number of ketones is 1. The summed E-state index contributed by atoms with van der Waals surface area (Å²) < 4.78 is 0. The molecule has 3 N–H and O–H groups in total. The van der Waals surface area contributed by atoms with Crippen molar-refractivity contribution in [2.75, 3.05) is 13.6 Å². The van der Waals surface area contributed by atoms with Gasteiger partial charge in [-0.1, -0.05) is 0 Å². The molecule has 0 aliphatic heterocycles. The standard InChI is InChI=1S/C9H16N2O4/c1-6(12)7(5-10-2)11-8(13)3-4-9(14)15/h7,10H,3-5H2,1-2H3,(H,11,13)(H,14,15)/t7-/m0/s1. The van der Waals surface area contributed by atoms with E-state index in [1.807, 2.05) is 0 Å². The molecule has 0 fully saturated rings. The Morgan fingerprint density at radius 2 is 1.87 bits per heavy atom.